The smallest absolute Gasteiger partial charge is 0.305 e. The number of aliphatic carboxylic acids is 1. The maximum Gasteiger partial charge on any atom is 0.305 e. The van der Waals surface area contributed by atoms with E-state index in [9.17, 15) is 18.4 Å². The summed E-state index contributed by atoms with van der Waals surface area (Å²) >= 11 is 6.61. The van der Waals surface area contributed by atoms with Crippen molar-refractivity contribution in [3.05, 3.63) is 46.1 Å². The highest BCUT2D eigenvalue weighted by Crippen LogP contribution is 2.53. The number of benzene rings is 1. The normalized spacial score (nSPS) is 23.7. The Labute approximate surface area is 193 Å². The molecule has 0 bridgehead atoms. The van der Waals surface area contributed by atoms with Crippen molar-refractivity contribution in [2.24, 2.45) is 11.3 Å². The van der Waals surface area contributed by atoms with Gasteiger partial charge >= 0.3 is 5.97 Å². The Bertz CT molecular complexity index is 930. The quantitative estimate of drug-likeness (QED) is 0.518. The first-order chi connectivity index (χ1) is 14.7. The zero-order chi connectivity index (χ0) is 23.9. The van der Waals surface area contributed by atoms with E-state index >= 15 is 0 Å². The summed E-state index contributed by atoms with van der Waals surface area (Å²) in [6, 6.07) is 5.79. The fraction of sp³-hybridized carbons (Fsp3) is 0.600. The molecule has 1 aromatic carbocycles. The fourth-order valence-corrected chi connectivity index (χ4v) is 4.88. The Morgan fingerprint density at radius 3 is 2.47 bits per heavy atom. The maximum atomic E-state index is 13.7. The van der Waals surface area contributed by atoms with Gasteiger partial charge in [-0.15, -0.1) is 0 Å². The van der Waals surface area contributed by atoms with E-state index in [1.165, 1.54) is 4.90 Å². The standard InChI is InChI=1S/C25H32ClF2NO3/c1-23(2,3)9-7-16-5-6-18(11-20(16)26)24(4)14-21(30)29(10-8-22(31)32)15-19(24)17-12-25(27,28)13-17/h5-6,11,15,17H,7-10,12-14H2,1-4H3,(H,31,32)/t24-/m0/s1. The van der Waals surface area contributed by atoms with E-state index in [0.29, 0.717) is 5.02 Å². The predicted octanol–water partition coefficient (Wildman–Crippen LogP) is 6.21. The monoisotopic (exact) mass is 467 g/mol. The van der Waals surface area contributed by atoms with E-state index in [-0.39, 0.29) is 49.5 Å². The molecular formula is C25H32ClF2NO3. The lowest BCUT2D eigenvalue weighted by Gasteiger charge is -2.47. The van der Waals surface area contributed by atoms with Crippen LogP contribution in [-0.4, -0.2) is 34.4 Å². The van der Waals surface area contributed by atoms with Crippen LogP contribution in [0.5, 0.6) is 0 Å². The van der Waals surface area contributed by atoms with E-state index in [2.05, 4.69) is 20.8 Å². The molecule has 1 saturated carbocycles. The van der Waals surface area contributed by atoms with E-state index in [4.69, 9.17) is 16.7 Å². The lowest BCUT2D eigenvalue weighted by atomic mass is 9.62. The molecule has 1 atom stereocenters. The number of nitrogens with zero attached hydrogens (tertiary/aromatic N) is 1. The highest BCUT2D eigenvalue weighted by atomic mass is 35.5. The lowest BCUT2D eigenvalue weighted by molar-refractivity contribution is -0.138. The van der Waals surface area contributed by atoms with Crippen molar-refractivity contribution in [2.45, 2.75) is 77.6 Å². The first-order valence-electron chi connectivity index (χ1n) is 11.1. The van der Waals surface area contributed by atoms with E-state index in [1.807, 2.05) is 25.1 Å². The number of hydrogen-bond acceptors (Lipinski definition) is 2. The highest BCUT2D eigenvalue weighted by Gasteiger charge is 2.52. The number of rotatable bonds is 7. The molecule has 176 valence electrons. The fourth-order valence-electron chi connectivity index (χ4n) is 4.60. The Morgan fingerprint density at radius 1 is 1.28 bits per heavy atom. The van der Waals surface area contributed by atoms with Crippen LogP contribution in [0.25, 0.3) is 0 Å². The van der Waals surface area contributed by atoms with Gasteiger partial charge in [0, 0.05) is 42.4 Å². The lowest BCUT2D eigenvalue weighted by Crippen LogP contribution is -2.47. The molecule has 0 spiro atoms. The molecule has 0 unspecified atom stereocenters. The average Bonchev–Trinajstić information content (AvgIpc) is 2.63. The second-order valence-electron chi connectivity index (χ2n) is 10.7. The van der Waals surface area contributed by atoms with Crippen LogP contribution in [0, 0.1) is 11.3 Å². The zero-order valence-electron chi connectivity index (χ0n) is 19.2. The molecule has 1 aliphatic carbocycles. The van der Waals surface area contributed by atoms with Crippen molar-refractivity contribution >= 4 is 23.5 Å². The predicted molar refractivity (Wildman–Crippen MR) is 121 cm³/mol. The third-order valence-corrected chi connectivity index (χ3v) is 7.04. The summed E-state index contributed by atoms with van der Waals surface area (Å²) in [4.78, 5) is 25.2. The summed E-state index contributed by atoms with van der Waals surface area (Å²) in [5, 5.41) is 9.61. The number of aryl methyl sites for hydroxylation is 1. The van der Waals surface area contributed by atoms with E-state index < -0.39 is 17.3 Å². The summed E-state index contributed by atoms with van der Waals surface area (Å²) in [6.45, 7) is 8.45. The van der Waals surface area contributed by atoms with Crippen LogP contribution in [0.15, 0.2) is 30.0 Å². The highest BCUT2D eigenvalue weighted by molar-refractivity contribution is 6.31. The number of allylic oxidation sites excluding steroid dienone is 1. The van der Waals surface area contributed by atoms with Gasteiger partial charge in [-0.25, -0.2) is 8.78 Å². The minimum Gasteiger partial charge on any atom is -0.481 e. The summed E-state index contributed by atoms with van der Waals surface area (Å²) < 4.78 is 27.4. The van der Waals surface area contributed by atoms with Crippen molar-refractivity contribution in [2.75, 3.05) is 6.54 Å². The molecule has 1 N–H and O–H groups in total. The second-order valence-corrected chi connectivity index (χ2v) is 11.1. The number of carboxylic acids is 1. The van der Waals surface area contributed by atoms with Gasteiger partial charge in [0.2, 0.25) is 11.8 Å². The first-order valence-corrected chi connectivity index (χ1v) is 11.5. The van der Waals surface area contributed by atoms with Crippen LogP contribution >= 0.6 is 11.6 Å². The number of halogens is 3. The Balaban J connectivity index is 1.93. The van der Waals surface area contributed by atoms with Gasteiger partial charge in [-0.05, 0) is 46.9 Å². The number of carboxylic acid groups (broad SMARTS) is 1. The van der Waals surface area contributed by atoms with Crippen molar-refractivity contribution < 1.29 is 23.5 Å². The van der Waals surface area contributed by atoms with Gasteiger partial charge in [0.05, 0.1) is 6.42 Å². The van der Waals surface area contributed by atoms with Crippen LogP contribution in [0.3, 0.4) is 0 Å². The third-order valence-electron chi connectivity index (χ3n) is 6.69. The van der Waals surface area contributed by atoms with Gasteiger partial charge in [-0.2, -0.15) is 0 Å². The number of alkyl halides is 2. The van der Waals surface area contributed by atoms with E-state index in [1.54, 1.807) is 6.20 Å². The molecule has 3 rings (SSSR count). The van der Waals surface area contributed by atoms with Crippen molar-refractivity contribution in [1.82, 2.24) is 4.90 Å². The molecule has 1 aliphatic heterocycles. The minimum absolute atomic E-state index is 0.0311. The molecule has 0 radical (unpaired) electrons. The Kier molecular flexibility index (Phi) is 6.77. The molecule has 1 fully saturated rings. The van der Waals surface area contributed by atoms with Gasteiger partial charge in [0.25, 0.3) is 0 Å². The molecule has 4 nitrogen and oxygen atoms in total. The van der Waals surface area contributed by atoms with Gasteiger partial charge in [0.1, 0.15) is 0 Å². The van der Waals surface area contributed by atoms with E-state index in [0.717, 1.165) is 29.5 Å². The van der Waals surface area contributed by atoms with Gasteiger partial charge in [-0.3, -0.25) is 9.59 Å². The van der Waals surface area contributed by atoms with Crippen LogP contribution < -0.4 is 0 Å². The SMILES string of the molecule is CC(C)(C)CCc1ccc([C@]2(C)CC(=O)N(CCC(=O)O)C=C2C2CC(F)(F)C2)cc1Cl. The average molecular weight is 468 g/mol. The molecular weight excluding hydrogens is 436 g/mol. The Morgan fingerprint density at radius 2 is 1.94 bits per heavy atom. The summed E-state index contributed by atoms with van der Waals surface area (Å²) in [6.07, 6.45) is 2.82. The number of carbonyl (C=O) groups excluding carboxylic acids is 1. The largest absolute Gasteiger partial charge is 0.481 e. The topological polar surface area (TPSA) is 57.6 Å². The molecule has 0 aromatic heterocycles. The van der Waals surface area contributed by atoms with Gasteiger partial charge in [-0.1, -0.05) is 51.4 Å². The van der Waals surface area contributed by atoms with Crippen molar-refractivity contribution in [3.8, 4) is 0 Å². The molecule has 1 amide bonds. The number of amides is 1. The second kappa shape index (κ2) is 8.77. The summed E-state index contributed by atoms with van der Waals surface area (Å²) in [5.74, 6) is -4.27. The molecule has 1 aromatic rings. The number of hydrogen-bond donors (Lipinski definition) is 1. The van der Waals surface area contributed by atoms with Crippen molar-refractivity contribution in [1.29, 1.82) is 0 Å². The van der Waals surface area contributed by atoms with Crippen LogP contribution in [0.4, 0.5) is 8.78 Å². The van der Waals surface area contributed by atoms with Crippen LogP contribution in [0.2, 0.25) is 5.02 Å². The number of carbonyl (C=O) groups is 2. The molecule has 1 heterocycles. The van der Waals surface area contributed by atoms with Crippen molar-refractivity contribution in [3.63, 3.8) is 0 Å². The Hall–Kier alpha value is -1.95. The van der Waals surface area contributed by atoms with Crippen LogP contribution in [-0.2, 0) is 21.4 Å². The summed E-state index contributed by atoms with van der Waals surface area (Å²) in [5.41, 5.74) is 2.03. The maximum absolute atomic E-state index is 13.7. The van der Waals surface area contributed by atoms with Gasteiger partial charge < -0.3 is 10.0 Å². The first kappa shape index (κ1) is 24.7. The molecule has 7 heteroatoms. The van der Waals surface area contributed by atoms with Gasteiger partial charge in [0.15, 0.2) is 0 Å². The summed E-state index contributed by atoms with van der Waals surface area (Å²) in [7, 11) is 0. The third kappa shape index (κ3) is 5.51. The molecule has 2 aliphatic rings. The minimum atomic E-state index is -2.70. The molecule has 32 heavy (non-hydrogen) atoms. The molecule has 0 saturated heterocycles. The van der Waals surface area contributed by atoms with Crippen LogP contribution in [0.1, 0.15) is 70.9 Å². The zero-order valence-corrected chi connectivity index (χ0v) is 19.9.